The van der Waals surface area contributed by atoms with Crippen molar-refractivity contribution in [3.05, 3.63) is 23.5 Å². The highest BCUT2D eigenvalue weighted by atomic mass is 15.0. The highest BCUT2D eigenvalue weighted by Gasteiger charge is 2.45. The maximum absolute atomic E-state index is 4.29. The smallest absolute Gasteiger partial charge is 0.0412 e. The number of aromatic nitrogens is 1. The fourth-order valence-corrected chi connectivity index (χ4v) is 1.89. The molecule has 1 aliphatic heterocycles. The molecule has 0 bridgehead atoms. The molecule has 2 atom stereocenters. The van der Waals surface area contributed by atoms with Crippen molar-refractivity contribution in [3.63, 3.8) is 0 Å². The lowest BCUT2D eigenvalue weighted by Crippen LogP contribution is -1.96. The lowest BCUT2D eigenvalue weighted by molar-refractivity contribution is 1.10. The molecule has 1 N–H and O–H groups in total. The molecular weight excluding hydrogens is 136 g/mol. The van der Waals surface area contributed by atoms with Crippen LogP contribution in [-0.2, 0) is 0 Å². The number of rotatable bonds is 0. The van der Waals surface area contributed by atoms with Gasteiger partial charge in [-0.05, 0) is 25.0 Å². The first kappa shape index (κ1) is 5.58. The average Bonchev–Trinajstić information content (AvgIpc) is 2.63. The topological polar surface area (TPSA) is 24.9 Å². The van der Waals surface area contributed by atoms with E-state index in [1.165, 1.54) is 17.7 Å². The zero-order valence-electron chi connectivity index (χ0n) is 6.46. The predicted octanol–water partition coefficient (Wildman–Crippen LogP) is 1.92. The first-order chi connectivity index (χ1) is 5.34. The Morgan fingerprint density at radius 3 is 3.55 bits per heavy atom. The van der Waals surface area contributed by atoms with Gasteiger partial charge in [0, 0.05) is 31.0 Å². The second-order valence-corrected chi connectivity index (χ2v) is 3.51. The molecule has 2 heteroatoms. The molecule has 1 fully saturated rings. The van der Waals surface area contributed by atoms with Gasteiger partial charge in [0.1, 0.15) is 0 Å². The third-order valence-corrected chi connectivity index (χ3v) is 2.60. The molecule has 3 rings (SSSR count). The maximum atomic E-state index is 4.29. The summed E-state index contributed by atoms with van der Waals surface area (Å²) in [6.45, 7) is 2.03. The van der Waals surface area contributed by atoms with Gasteiger partial charge in [-0.25, -0.2) is 0 Å². The molecule has 0 spiro atoms. The van der Waals surface area contributed by atoms with Gasteiger partial charge in [-0.1, -0.05) is 0 Å². The summed E-state index contributed by atoms with van der Waals surface area (Å²) in [7, 11) is 0. The molecule has 2 unspecified atom stereocenters. The summed E-state index contributed by atoms with van der Waals surface area (Å²) in [6, 6.07) is 2.88. The Bertz CT molecular complexity index is 324. The Morgan fingerprint density at radius 2 is 2.64 bits per heavy atom. The summed E-state index contributed by atoms with van der Waals surface area (Å²) in [6.07, 6.45) is 3.34. The molecule has 2 heterocycles. The predicted molar refractivity (Wildman–Crippen MR) is 45.9 cm³/mol. The van der Waals surface area contributed by atoms with Gasteiger partial charge in [-0.2, -0.15) is 0 Å². The van der Waals surface area contributed by atoms with Crippen molar-refractivity contribution in [1.29, 1.82) is 0 Å². The Labute approximate surface area is 67.1 Å². The van der Waals surface area contributed by atoms with Crippen LogP contribution in [0.1, 0.15) is 25.0 Å². The molecule has 0 amide bonds. The molecule has 2 nitrogen and oxygen atoms in total. The van der Waals surface area contributed by atoms with E-state index in [2.05, 4.69) is 16.4 Å². The van der Waals surface area contributed by atoms with Gasteiger partial charge in [0.25, 0.3) is 0 Å². The van der Waals surface area contributed by atoms with E-state index in [1.807, 2.05) is 13.1 Å². The molecular formula is C9H12N2. The Morgan fingerprint density at radius 1 is 1.73 bits per heavy atom. The minimum Gasteiger partial charge on any atom is -0.381 e. The molecule has 11 heavy (non-hydrogen) atoms. The van der Waals surface area contributed by atoms with Gasteiger partial charge in [0.05, 0.1) is 0 Å². The first-order valence-electron chi connectivity index (χ1n) is 4.08. The van der Waals surface area contributed by atoms with E-state index in [4.69, 9.17) is 0 Å². The van der Waals surface area contributed by atoms with Crippen LogP contribution in [0.2, 0.25) is 0 Å². The van der Waals surface area contributed by atoms with Gasteiger partial charge in [-0.15, -0.1) is 0 Å². The van der Waals surface area contributed by atoms with Gasteiger partial charge < -0.3 is 5.32 Å². The van der Waals surface area contributed by atoms with Gasteiger partial charge in [-0.3, -0.25) is 4.98 Å². The Kier molecular flexibility index (Phi) is 0.799. The molecule has 2 aliphatic rings. The van der Waals surface area contributed by atoms with Crippen molar-refractivity contribution in [2.45, 2.75) is 25.3 Å². The van der Waals surface area contributed by atoms with Crippen LogP contribution in [0.15, 0.2) is 12.3 Å². The Balaban J connectivity index is 0.000000563. The Hall–Kier alpha value is -1.05. The van der Waals surface area contributed by atoms with Gasteiger partial charge in [0.15, 0.2) is 0 Å². The van der Waals surface area contributed by atoms with E-state index in [1.54, 1.807) is 0 Å². The third-order valence-electron chi connectivity index (χ3n) is 2.60. The number of nitrogens with one attached hydrogen (secondary N) is 1. The van der Waals surface area contributed by atoms with E-state index in [9.17, 15) is 0 Å². The van der Waals surface area contributed by atoms with E-state index >= 15 is 0 Å². The van der Waals surface area contributed by atoms with Crippen molar-refractivity contribution < 1.29 is 1.43 Å². The second kappa shape index (κ2) is 1.58. The quantitative estimate of drug-likeness (QED) is 0.608. The number of pyridine rings is 1. The molecule has 1 aliphatic carbocycles. The minimum absolute atomic E-state index is 0. The third kappa shape index (κ3) is 0.642. The van der Waals surface area contributed by atoms with Crippen LogP contribution in [0.5, 0.6) is 0 Å². The summed E-state index contributed by atoms with van der Waals surface area (Å²) >= 11 is 0. The fourth-order valence-electron chi connectivity index (χ4n) is 1.89. The van der Waals surface area contributed by atoms with E-state index in [-0.39, 0.29) is 1.43 Å². The normalized spacial score (nSPS) is 30.6. The first-order valence-corrected chi connectivity index (χ1v) is 4.08. The molecule has 1 aromatic heterocycles. The van der Waals surface area contributed by atoms with Crippen LogP contribution in [0.3, 0.4) is 0 Å². The van der Waals surface area contributed by atoms with Crippen LogP contribution >= 0.6 is 0 Å². The number of anilines is 1. The van der Waals surface area contributed by atoms with Crippen LogP contribution in [-0.4, -0.2) is 11.0 Å². The monoisotopic (exact) mass is 148 g/mol. The molecule has 1 saturated carbocycles. The minimum atomic E-state index is 0. The zero-order valence-corrected chi connectivity index (χ0v) is 6.46. The zero-order chi connectivity index (χ0) is 7.42. The van der Waals surface area contributed by atoms with Crippen LogP contribution in [0, 0.1) is 6.92 Å². The number of hydrogen-bond donors (Lipinski definition) is 1. The average molecular weight is 148 g/mol. The van der Waals surface area contributed by atoms with Crippen LogP contribution < -0.4 is 5.32 Å². The fraction of sp³-hybridized carbons (Fsp3) is 0.444. The van der Waals surface area contributed by atoms with E-state index in [0.29, 0.717) is 0 Å². The van der Waals surface area contributed by atoms with E-state index in [0.717, 1.165) is 17.7 Å². The summed E-state index contributed by atoms with van der Waals surface area (Å²) < 4.78 is 0. The van der Waals surface area contributed by atoms with Crippen LogP contribution in [0.25, 0.3) is 0 Å². The summed E-state index contributed by atoms with van der Waals surface area (Å²) in [5.74, 6) is 0.790. The van der Waals surface area contributed by atoms with Crippen molar-refractivity contribution >= 4 is 5.69 Å². The largest absolute Gasteiger partial charge is 0.381 e. The lowest BCUT2D eigenvalue weighted by atomic mass is 10.2. The number of fused-ring (bicyclic) bond motifs is 3. The van der Waals surface area contributed by atoms with Crippen molar-refractivity contribution in [2.24, 2.45) is 0 Å². The number of nitrogens with zero attached hydrogens (tertiary/aromatic N) is 1. The molecule has 0 radical (unpaired) electrons. The summed E-state index contributed by atoms with van der Waals surface area (Å²) in [5, 5.41) is 3.47. The standard InChI is InChI=1S/C9H10N2.H2/c1-5-2-8-7(4-10-5)6-3-9(6)11-8;/h2,4,6,9,11H,3H2,1H3;1H. The summed E-state index contributed by atoms with van der Waals surface area (Å²) in [5.41, 5.74) is 3.86. The molecule has 1 aromatic rings. The van der Waals surface area contributed by atoms with Crippen molar-refractivity contribution in [3.8, 4) is 0 Å². The second-order valence-electron chi connectivity index (χ2n) is 3.51. The number of aryl methyl sites for hydroxylation is 1. The number of hydrogen-bond acceptors (Lipinski definition) is 2. The van der Waals surface area contributed by atoms with Gasteiger partial charge >= 0.3 is 0 Å². The van der Waals surface area contributed by atoms with Crippen molar-refractivity contribution in [1.82, 2.24) is 4.98 Å². The summed E-state index contributed by atoms with van der Waals surface area (Å²) in [4.78, 5) is 4.29. The highest BCUT2D eigenvalue weighted by molar-refractivity contribution is 5.63. The molecule has 0 aromatic carbocycles. The van der Waals surface area contributed by atoms with Gasteiger partial charge in [0.2, 0.25) is 0 Å². The lowest BCUT2D eigenvalue weighted by Gasteiger charge is -2.03. The SMILES string of the molecule is Cc1cc2c(cn1)C1CC1N2.[HH]. The molecule has 0 saturated heterocycles. The highest BCUT2D eigenvalue weighted by Crippen LogP contribution is 2.51. The van der Waals surface area contributed by atoms with Crippen molar-refractivity contribution in [2.75, 3.05) is 5.32 Å². The van der Waals surface area contributed by atoms with Crippen LogP contribution in [0.4, 0.5) is 5.69 Å². The van der Waals surface area contributed by atoms with E-state index < -0.39 is 0 Å². The molecule has 58 valence electrons. The maximum Gasteiger partial charge on any atom is 0.0412 e.